The lowest BCUT2D eigenvalue weighted by atomic mass is 10.0. The van der Waals surface area contributed by atoms with E-state index in [1.807, 2.05) is 13.8 Å². The number of ether oxygens (including phenoxy) is 1. The normalized spacial score (nSPS) is 35.7. The smallest absolute Gasteiger partial charge is 0.183 e. The molecule has 1 rings (SSSR count). The Kier molecular flexibility index (Phi) is 1.98. The number of hydrogen-bond acceptors (Lipinski definition) is 4. The van der Waals surface area contributed by atoms with Gasteiger partial charge in [0.1, 0.15) is 6.10 Å². The fraction of sp³-hybridized carbons (Fsp3) is 1.00. The number of aliphatic hydroxyl groups excluding tert-OH is 1. The molecule has 1 aliphatic heterocycles. The van der Waals surface area contributed by atoms with Gasteiger partial charge in [-0.2, -0.15) is 12.6 Å². The van der Waals surface area contributed by atoms with Gasteiger partial charge >= 0.3 is 0 Å². The molecule has 3 N–H and O–H groups in total. The van der Waals surface area contributed by atoms with Crippen LogP contribution in [-0.2, 0) is 4.74 Å². The maximum absolute atomic E-state index is 8.82. The van der Waals surface area contributed by atoms with E-state index in [1.165, 1.54) is 0 Å². The molecule has 0 spiro atoms. The van der Waals surface area contributed by atoms with Crippen molar-refractivity contribution < 1.29 is 9.84 Å². The second-order valence-corrected chi connectivity index (χ2v) is 4.32. The third kappa shape index (κ3) is 1.63. The molecule has 0 amide bonds. The van der Waals surface area contributed by atoms with E-state index >= 15 is 0 Å². The van der Waals surface area contributed by atoms with Crippen LogP contribution < -0.4 is 5.73 Å². The summed E-state index contributed by atoms with van der Waals surface area (Å²) < 4.78 is 4.50. The van der Waals surface area contributed by atoms with E-state index in [1.54, 1.807) is 0 Å². The van der Waals surface area contributed by atoms with Crippen molar-refractivity contribution in [1.82, 2.24) is 0 Å². The first-order valence-electron chi connectivity index (χ1n) is 3.24. The van der Waals surface area contributed by atoms with E-state index in [0.29, 0.717) is 0 Å². The van der Waals surface area contributed by atoms with Crippen LogP contribution in [0.5, 0.6) is 0 Å². The van der Waals surface area contributed by atoms with Gasteiger partial charge in [-0.25, -0.2) is 0 Å². The van der Waals surface area contributed by atoms with Crippen molar-refractivity contribution >= 4 is 12.6 Å². The Morgan fingerprint density at radius 2 is 2.10 bits per heavy atom. The third-order valence-electron chi connectivity index (χ3n) is 1.67. The Morgan fingerprint density at radius 1 is 1.70 bits per heavy atom. The number of rotatable bonds is 2. The summed E-state index contributed by atoms with van der Waals surface area (Å²) >= 11 is 4.25. The van der Waals surface area contributed by atoms with Gasteiger partial charge in [-0.1, -0.05) is 0 Å². The number of epoxide rings is 1. The van der Waals surface area contributed by atoms with E-state index < -0.39 is 6.29 Å². The summed E-state index contributed by atoms with van der Waals surface area (Å²) in [5.74, 6) is 0. The Balaban J connectivity index is 2.42. The fourth-order valence-electron chi connectivity index (χ4n) is 0.780. The number of aliphatic hydroxyl groups is 1. The molecule has 0 saturated carbocycles. The molecule has 0 aliphatic carbocycles. The van der Waals surface area contributed by atoms with Crippen LogP contribution in [0.3, 0.4) is 0 Å². The molecule has 0 aromatic carbocycles. The Bertz CT molecular complexity index is 134. The van der Waals surface area contributed by atoms with Crippen LogP contribution in [0.2, 0.25) is 0 Å². The predicted octanol–water partition coefficient (Wildman–Crippen LogP) is -0.261. The lowest BCUT2D eigenvalue weighted by Crippen LogP contribution is -2.43. The molecule has 0 aromatic rings. The van der Waals surface area contributed by atoms with Gasteiger partial charge in [0.2, 0.25) is 0 Å². The summed E-state index contributed by atoms with van der Waals surface area (Å²) in [7, 11) is 0. The van der Waals surface area contributed by atoms with Crippen LogP contribution in [-0.4, -0.2) is 28.3 Å². The molecular weight excluding hydrogens is 150 g/mol. The van der Waals surface area contributed by atoms with Crippen molar-refractivity contribution in [1.29, 1.82) is 0 Å². The summed E-state index contributed by atoms with van der Waals surface area (Å²) in [6, 6.07) is -0.203. The van der Waals surface area contributed by atoms with Gasteiger partial charge in [-0.15, -0.1) is 0 Å². The zero-order valence-corrected chi connectivity index (χ0v) is 7.01. The second kappa shape index (κ2) is 2.37. The van der Waals surface area contributed by atoms with Gasteiger partial charge in [0.25, 0.3) is 0 Å². The van der Waals surface area contributed by atoms with Crippen LogP contribution >= 0.6 is 12.6 Å². The number of nitrogens with two attached hydrogens (primary N) is 1. The summed E-state index contributed by atoms with van der Waals surface area (Å²) in [5.41, 5.74) is 5.69. The molecule has 3 nitrogen and oxygen atoms in total. The molecule has 1 saturated heterocycles. The summed E-state index contributed by atoms with van der Waals surface area (Å²) in [6.45, 7) is 3.80. The zero-order chi connectivity index (χ0) is 7.94. The van der Waals surface area contributed by atoms with E-state index in [0.717, 1.165) is 0 Å². The van der Waals surface area contributed by atoms with Crippen molar-refractivity contribution in [3.63, 3.8) is 0 Å². The van der Waals surface area contributed by atoms with Crippen molar-refractivity contribution in [2.45, 2.75) is 37.0 Å². The van der Waals surface area contributed by atoms with Crippen molar-refractivity contribution in [3.05, 3.63) is 0 Å². The monoisotopic (exact) mass is 163 g/mol. The fourth-order valence-corrected chi connectivity index (χ4v) is 0.927. The number of thiol groups is 1. The van der Waals surface area contributed by atoms with Crippen molar-refractivity contribution in [3.8, 4) is 0 Å². The van der Waals surface area contributed by atoms with Gasteiger partial charge in [0.05, 0.1) is 0 Å². The minimum atomic E-state index is -0.665. The maximum atomic E-state index is 8.82. The van der Waals surface area contributed by atoms with Gasteiger partial charge < -0.3 is 15.6 Å². The second-order valence-electron chi connectivity index (χ2n) is 3.17. The van der Waals surface area contributed by atoms with Crippen molar-refractivity contribution in [2.24, 2.45) is 5.73 Å². The summed E-state index contributed by atoms with van der Waals surface area (Å²) in [6.07, 6.45) is -0.881. The quantitative estimate of drug-likeness (QED) is 0.388. The first-order chi connectivity index (χ1) is 4.43. The molecule has 4 heteroatoms. The Morgan fingerprint density at radius 3 is 2.20 bits per heavy atom. The number of hydrogen-bond donors (Lipinski definition) is 3. The first-order valence-corrected chi connectivity index (χ1v) is 3.69. The van der Waals surface area contributed by atoms with E-state index in [2.05, 4.69) is 12.6 Å². The zero-order valence-electron chi connectivity index (χ0n) is 6.11. The molecular formula is C6H13NO2S. The molecule has 0 radical (unpaired) electrons. The average molecular weight is 163 g/mol. The first kappa shape index (κ1) is 8.33. The molecule has 1 heterocycles. The molecule has 1 fully saturated rings. The molecule has 3 atom stereocenters. The van der Waals surface area contributed by atoms with Gasteiger partial charge in [-0.05, 0) is 13.8 Å². The lowest BCUT2D eigenvalue weighted by Gasteiger charge is -2.23. The van der Waals surface area contributed by atoms with E-state index in [-0.39, 0.29) is 16.9 Å². The minimum Gasteiger partial charge on any atom is -0.366 e. The predicted molar refractivity (Wildman–Crippen MR) is 41.9 cm³/mol. The third-order valence-corrected chi connectivity index (χ3v) is 1.97. The highest BCUT2D eigenvalue weighted by Crippen LogP contribution is 2.30. The van der Waals surface area contributed by atoms with E-state index in [4.69, 9.17) is 15.6 Å². The lowest BCUT2D eigenvalue weighted by molar-refractivity contribution is 0.155. The van der Waals surface area contributed by atoms with Crippen molar-refractivity contribution in [2.75, 3.05) is 0 Å². The molecule has 0 bridgehead atoms. The highest BCUT2D eigenvalue weighted by atomic mass is 32.1. The molecule has 0 aromatic heterocycles. The van der Waals surface area contributed by atoms with Crippen LogP contribution in [0.4, 0.5) is 0 Å². The van der Waals surface area contributed by atoms with Crippen LogP contribution in [0.1, 0.15) is 13.8 Å². The standard InChI is InChI=1S/C6H13NO2S/c1-6(2,10)4(7)3-5(8)9-3/h3-5,8,10H,7H2,1-2H3/t3-,4?,5?/m0/s1. The Labute approximate surface area is 66.0 Å². The summed E-state index contributed by atoms with van der Waals surface area (Å²) in [4.78, 5) is 0. The topological polar surface area (TPSA) is 58.8 Å². The maximum Gasteiger partial charge on any atom is 0.183 e. The molecule has 2 unspecified atom stereocenters. The largest absolute Gasteiger partial charge is 0.366 e. The average Bonchev–Trinajstić information content (AvgIpc) is 2.42. The van der Waals surface area contributed by atoms with Crippen LogP contribution in [0.15, 0.2) is 0 Å². The van der Waals surface area contributed by atoms with Crippen LogP contribution in [0, 0.1) is 0 Å². The SMILES string of the molecule is CC(C)(S)C(N)[C@@H]1OC1O. The molecule has 10 heavy (non-hydrogen) atoms. The van der Waals surface area contributed by atoms with Gasteiger partial charge in [0, 0.05) is 10.8 Å². The summed E-state index contributed by atoms with van der Waals surface area (Å²) in [5, 5.41) is 8.82. The minimum absolute atomic E-state index is 0.203. The van der Waals surface area contributed by atoms with E-state index in [9.17, 15) is 0 Å². The molecule has 1 aliphatic rings. The molecule has 60 valence electrons. The Hall–Kier alpha value is 0.230. The van der Waals surface area contributed by atoms with Gasteiger partial charge in [0.15, 0.2) is 6.29 Å². The van der Waals surface area contributed by atoms with Crippen LogP contribution in [0.25, 0.3) is 0 Å². The van der Waals surface area contributed by atoms with Gasteiger partial charge in [-0.3, -0.25) is 0 Å². The highest BCUT2D eigenvalue weighted by Gasteiger charge is 2.46. The highest BCUT2D eigenvalue weighted by molar-refractivity contribution is 7.81.